The van der Waals surface area contributed by atoms with Crippen LogP contribution in [-0.2, 0) is 0 Å². The second-order valence-electron chi connectivity index (χ2n) is 6.67. The van der Waals surface area contributed by atoms with Gasteiger partial charge in [-0.1, -0.05) is 47.6 Å². The van der Waals surface area contributed by atoms with E-state index in [9.17, 15) is 0 Å². The normalized spacial score (nSPS) is 32.4. The van der Waals surface area contributed by atoms with E-state index in [1.165, 1.54) is 51.4 Å². The Hall–Kier alpha value is -1.30. The van der Waals surface area contributed by atoms with E-state index in [0.717, 1.165) is 0 Å². The average Bonchev–Trinajstić information content (AvgIpc) is 3.09. The summed E-state index contributed by atoms with van der Waals surface area (Å²) in [5.74, 6) is 1.21. The summed E-state index contributed by atoms with van der Waals surface area (Å²) in [6.45, 7) is 0. The van der Waals surface area contributed by atoms with Crippen molar-refractivity contribution in [2.75, 3.05) is 0 Å². The molecule has 0 aromatic carbocycles. The molecule has 0 radical (unpaired) electrons. The third-order valence-electron chi connectivity index (χ3n) is 5.45. The Kier molecular flexibility index (Phi) is 3.26. The molecular formula is C20H24. The predicted octanol–water partition coefficient (Wildman–Crippen LogP) is 5.66. The van der Waals surface area contributed by atoms with E-state index in [1.54, 1.807) is 22.3 Å². The Morgan fingerprint density at radius 1 is 0.650 bits per heavy atom. The number of hydrogen-bond acceptors (Lipinski definition) is 0. The van der Waals surface area contributed by atoms with Crippen LogP contribution in [0, 0.1) is 11.8 Å². The topological polar surface area (TPSA) is 0 Å². The van der Waals surface area contributed by atoms with Gasteiger partial charge < -0.3 is 0 Å². The minimum Gasteiger partial charge on any atom is -0.0766 e. The highest BCUT2D eigenvalue weighted by atomic mass is 14.3. The molecule has 4 aliphatic carbocycles. The van der Waals surface area contributed by atoms with E-state index in [-0.39, 0.29) is 0 Å². The molecule has 0 amide bonds. The lowest BCUT2D eigenvalue weighted by Crippen LogP contribution is -2.04. The van der Waals surface area contributed by atoms with E-state index in [1.807, 2.05) is 0 Å². The highest BCUT2D eigenvalue weighted by Crippen LogP contribution is 2.39. The molecular weight excluding hydrogens is 240 g/mol. The molecule has 0 N–H and O–H groups in total. The quantitative estimate of drug-likeness (QED) is 0.565. The summed E-state index contributed by atoms with van der Waals surface area (Å²) < 4.78 is 0. The summed E-state index contributed by atoms with van der Waals surface area (Å²) >= 11 is 0. The van der Waals surface area contributed by atoms with Crippen LogP contribution in [0.1, 0.15) is 51.4 Å². The Balaban J connectivity index is 1.50. The van der Waals surface area contributed by atoms with Crippen LogP contribution in [0.3, 0.4) is 0 Å². The molecule has 4 aliphatic rings. The molecule has 2 atom stereocenters. The summed E-state index contributed by atoms with van der Waals surface area (Å²) in [4.78, 5) is 0. The monoisotopic (exact) mass is 264 g/mol. The van der Waals surface area contributed by atoms with Crippen molar-refractivity contribution >= 4 is 0 Å². The van der Waals surface area contributed by atoms with Gasteiger partial charge in [0.15, 0.2) is 0 Å². The molecule has 20 heavy (non-hydrogen) atoms. The first-order valence-corrected chi connectivity index (χ1v) is 8.40. The maximum absolute atomic E-state index is 2.48. The Bertz CT molecular complexity index is 501. The van der Waals surface area contributed by atoms with Gasteiger partial charge in [-0.25, -0.2) is 0 Å². The second kappa shape index (κ2) is 5.24. The van der Waals surface area contributed by atoms with E-state index >= 15 is 0 Å². The smallest absolute Gasteiger partial charge is 0.0166 e. The standard InChI is InChI=1S/C20H24/c1-3-7-19-15(5-1)9-11-17(19)13-14-18-12-10-16-6-2-4-8-20(16)18/h9-14,17-18H,1-8H2. The zero-order valence-electron chi connectivity index (χ0n) is 12.3. The minimum atomic E-state index is 0.604. The van der Waals surface area contributed by atoms with Crippen LogP contribution in [-0.4, -0.2) is 0 Å². The fourth-order valence-electron chi connectivity index (χ4n) is 4.32. The third kappa shape index (κ3) is 2.16. The van der Waals surface area contributed by atoms with Crippen molar-refractivity contribution in [3.8, 4) is 0 Å². The number of hydrogen-bond donors (Lipinski definition) is 0. The summed E-state index contributed by atoms with van der Waals surface area (Å²) in [6, 6.07) is 0. The van der Waals surface area contributed by atoms with Gasteiger partial charge >= 0.3 is 0 Å². The van der Waals surface area contributed by atoms with Crippen LogP contribution in [0.4, 0.5) is 0 Å². The lowest BCUT2D eigenvalue weighted by atomic mass is 9.86. The third-order valence-corrected chi connectivity index (χ3v) is 5.45. The molecule has 2 unspecified atom stereocenters. The zero-order valence-corrected chi connectivity index (χ0v) is 12.3. The van der Waals surface area contributed by atoms with E-state index in [2.05, 4.69) is 36.5 Å². The van der Waals surface area contributed by atoms with Gasteiger partial charge in [-0.15, -0.1) is 0 Å². The molecule has 0 bridgehead atoms. The van der Waals surface area contributed by atoms with Crippen molar-refractivity contribution in [2.24, 2.45) is 11.8 Å². The lowest BCUT2D eigenvalue weighted by molar-refractivity contribution is 0.653. The summed E-state index contributed by atoms with van der Waals surface area (Å²) in [6.07, 6.45) is 25.4. The Morgan fingerprint density at radius 2 is 1.10 bits per heavy atom. The van der Waals surface area contributed by atoms with E-state index in [0.29, 0.717) is 11.8 Å². The van der Waals surface area contributed by atoms with Crippen molar-refractivity contribution in [3.63, 3.8) is 0 Å². The maximum Gasteiger partial charge on any atom is 0.0166 e. The summed E-state index contributed by atoms with van der Waals surface area (Å²) in [5, 5.41) is 0. The molecule has 0 nitrogen and oxygen atoms in total. The van der Waals surface area contributed by atoms with Gasteiger partial charge in [0.25, 0.3) is 0 Å². The summed E-state index contributed by atoms with van der Waals surface area (Å²) in [5.41, 5.74) is 6.72. The lowest BCUT2D eigenvalue weighted by Gasteiger charge is -2.19. The Labute approximate surface area is 122 Å². The first-order valence-electron chi connectivity index (χ1n) is 8.40. The van der Waals surface area contributed by atoms with Crippen LogP contribution in [0.5, 0.6) is 0 Å². The van der Waals surface area contributed by atoms with Crippen LogP contribution >= 0.6 is 0 Å². The molecule has 0 saturated heterocycles. The SMILES string of the molecule is C1=CC(C=CC2C=CC3=C2CCCC3)C2=C1CCCC2. The van der Waals surface area contributed by atoms with Gasteiger partial charge in [0.1, 0.15) is 0 Å². The maximum atomic E-state index is 2.48. The first kappa shape index (κ1) is 12.4. The second-order valence-corrected chi connectivity index (χ2v) is 6.67. The van der Waals surface area contributed by atoms with Crippen LogP contribution in [0.15, 0.2) is 58.7 Å². The molecule has 0 aromatic heterocycles. The van der Waals surface area contributed by atoms with E-state index in [4.69, 9.17) is 0 Å². The molecule has 0 fully saturated rings. The van der Waals surface area contributed by atoms with E-state index < -0.39 is 0 Å². The van der Waals surface area contributed by atoms with Gasteiger partial charge in [-0.05, 0) is 62.5 Å². The van der Waals surface area contributed by atoms with Gasteiger partial charge in [0.05, 0.1) is 0 Å². The minimum absolute atomic E-state index is 0.604. The van der Waals surface area contributed by atoms with Crippen LogP contribution in [0.2, 0.25) is 0 Å². The highest BCUT2D eigenvalue weighted by Gasteiger charge is 2.23. The molecule has 104 valence electrons. The van der Waals surface area contributed by atoms with Crippen molar-refractivity contribution in [1.82, 2.24) is 0 Å². The molecule has 0 aromatic rings. The summed E-state index contributed by atoms with van der Waals surface area (Å²) in [7, 11) is 0. The highest BCUT2D eigenvalue weighted by molar-refractivity contribution is 5.44. The fourth-order valence-corrected chi connectivity index (χ4v) is 4.32. The van der Waals surface area contributed by atoms with Gasteiger partial charge in [0.2, 0.25) is 0 Å². The largest absolute Gasteiger partial charge is 0.0766 e. The molecule has 0 saturated carbocycles. The molecule has 4 rings (SSSR count). The Morgan fingerprint density at radius 3 is 1.60 bits per heavy atom. The predicted molar refractivity (Wildman–Crippen MR) is 85.4 cm³/mol. The van der Waals surface area contributed by atoms with Crippen molar-refractivity contribution in [3.05, 3.63) is 58.7 Å². The molecule has 0 aliphatic heterocycles. The van der Waals surface area contributed by atoms with Crippen molar-refractivity contribution in [1.29, 1.82) is 0 Å². The molecule has 0 spiro atoms. The molecule has 0 heteroatoms. The van der Waals surface area contributed by atoms with Crippen LogP contribution in [0.25, 0.3) is 0 Å². The number of allylic oxidation sites excluding steroid dienone is 10. The average molecular weight is 264 g/mol. The van der Waals surface area contributed by atoms with Crippen molar-refractivity contribution < 1.29 is 0 Å². The number of rotatable bonds is 2. The molecule has 0 heterocycles. The van der Waals surface area contributed by atoms with Crippen LogP contribution < -0.4 is 0 Å². The van der Waals surface area contributed by atoms with Gasteiger partial charge in [-0.3, -0.25) is 0 Å². The zero-order chi connectivity index (χ0) is 13.4. The first-order chi connectivity index (χ1) is 9.92. The van der Waals surface area contributed by atoms with Gasteiger partial charge in [0, 0.05) is 11.8 Å². The van der Waals surface area contributed by atoms with Crippen molar-refractivity contribution in [2.45, 2.75) is 51.4 Å². The fraction of sp³-hybridized carbons (Fsp3) is 0.500. The van der Waals surface area contributed by atoms with Gasteiger partial charge in [-0.2, -0.15) is 0 Å².